The van der Waals surface area contributed by atoms with E-state index in [2.05, 4.69) is 33.0 Å². The fourth-order valence-electron chi connectivity index (χ4n) is 2.23. The van der Waals surface area contributed by atoms with Crippen LogP contribution in [0.3, 0.4) is 0 Å². The van der Waals surface area contributed by atoms with E-state index < -0.39 is 0 Å². The van der Waals surface area contributed by atoms with E-state index in [4.69, 9.17) is 0 Å². The molecule has 0 aromatic carbocycles. The van der Waals surface area contributed by atoms with Crippen LogP contribution in [0.25, 0.3) is 0 Å². The number of hydrogen-bond acceptors (Lipinski definition) is 3. The molecular weight excluding hydrogens is 292 g/mol. The van der Waals surface area contributed by atoms with Crippen molar-refractivity contribution in [2.75, 3.05) is 26.2 Å². The third kappa shape index (κ3) is 6.71. The van der Waals surface area contributed by atoms with Gasteiger partial charge in [0.2, 0.25) is 5.91 Å². The molecule has 0 saturated heterocycles. The maximum atomic E-state index is 11.5. The molecule has 1 fully saturated rings. The molecular formula is C16H28N6O. The number of aromatic nitrogens is 2. The highest BCUT2D eigenvalue weighted by atomic mass is 16.2. The van der Waals surface area contributed by atoms with Gasteiger partial charge in [-0.2, -0.15) is 5.10 Å². The Balaban J connectivity index is 1.67. The second kappa shape index (κ2) is 9.17. The van der Waals surface area contributed by atoms with Crippen molar-refractivity contribution in [2.45, 2.75) is 33.2 Å². The Morgan fingerprint density at radius 2 is 2.13 bits per heavy atom. The molecule has 0 spiro atoms. The number of aliphatic imine (C=N–C) groups is 1. The van der Waals surface area contributed by atoms with Crippen LogP contribution in [0.4, 0.5) is 0 Å². The fourth-order valence-corrected chi connectivity index (χ4v) is 2.23. The molecule has 1 aromatic rings. The van der Waals surface area contributed by atoms with Crippen molar-refractivity contribution in [1.29, 1.82) is 0 Å². The first-order chi connectivity index (χ1) is 11.2. The first-order valence-corrected chi connectivity index (χ1v) is 8.46. The van der Waals surface area contributed by atoms with Crippen LogP contribution in [0.5, 0.6) is 0 Å². The first-order valence-electron chi connectivity index (χ1n) is 8.46. The summed E-state index contributed by atoms with van der Waals surface area (Å²) in [6.07, 6.45) is 5.83. The maximum absolute atomic E-state index is 11.5. The summed E-state index contributed by atoms with van der Waals surface area (Å²) in [5.41, 5.74) is 0. The Hall–Kier alpha value is -2.05. The Kier molecular flexibility index (Phi) is 6.90. The Morgan fingerprint density at radius 1 is 1.35 bits per heavy atom. The van der Waals surface area contributed by atoms with Crippen molar-refractivity contribution in [1.82, 2.24) is 25.7 Å². The predicted octanol–water partition coefficient (Wildman–Crippen LogP) is 0.601. The van der Waals surface area contributed by atoms with Gasteiger partial charge in [0.25, 0.3) is 0 Å². The summed E-state index contributed by atoms with van der Waals surface area (Å²) in [4.78, 5) is 16.1. The highest BCUT2D eigenvalue weighted by Crippen LogP contribution is 2.28. The standard InChI is InChI=1S/C16H28N6O/c1-3-17-16(19-9-8-18-15(23)14-5-6-14)20-11-13(2)12-22-10-4-7-21-22/h4,7,10,13-14H,3,5-6,8-9,11-12H2,1-2H3,(H,18,23)(H2,17,19,20). The first kappa shape index (κ1) is 17.3. The van der Waals surface area contributed by atoms with E-state index in [1.807, 2.05) is 23.9 Å². The highest BCUT2D eigenvalue weighted by Gasteiger charge is 2.28. The molecule has 128 valence electrons. The van der Waals surface area contributed by atoms with Gasteiger partial charge in [0, 0.05) is 51.0 Å². The fraction of sp³-hybridized carbons (Fsp3) is 0.688. The van der Waals surface area contributed by atoms with E-state index in [9.17, 15) is 4.79 Å². The van der Waals surface area contributed by atoms with Crippen LogP contribution < -0.4 is 16.0 Å². The number of carbonyl (C=O) groups is 1. The van der Waals surface area contributed by atoms with Crippen LogP contribution in [0.15, 0.2) is 23.5 Å². The lowest BCUT2D eigenvalue weighted by atomic mass is 10.2. The number of nitrogens with zero attached hydrogens (tertiary/aromatic N) is 3. The van der Waals surface area contributed by atoms with Gasteiger partial charge in [-0.15, -0.1) is 0 Å². The number of nitrogens with one attached hydrogen (secondary N) is 3. The van der Waals surface area contributed by atoms with E-state index in [1.165, 1.54) is 0 Å². The second-order valence-corrected chi connectivity index (χ2v) is 6.04. The molecule has 1 atom stereocenters. The van der Waals surface area contributed by atoms with E-state index in [1.54, 1.807) is 6.20 Å². The molecule has 7 nitrogen and oxygen atoms in total. The molecule has 0 bridgehead atoms. The molecule has 7 heteroatoms. The molecule has 3 N–H and O–H groups in total. The summed E-state index contributed by atoms with van der Waals surface area (Å²) in [5, 5.41) is 13.6. The lowest BCUT2D eigenvalue weighted by Crippen LogP contribution is -2.42. The van der Waals surface area contributed by atoms with Crippen LogP contribution in [-0.2, 0) is 11.3 Å². The largest absolute Gasteiger partial charge is 0.357 e. The SMILES string of the molecule is CCNC(=NCC(C)Cn1cccn1)NCCNC(=O)C1CC1. The van der Waals surface area contributed by atoms with Gasteiger partial charge < -0.3 is 16.0 Å². The number of guanidine groups is 1. The van der Waals surface area contributed by atoms with E-state index in [0.29, 0.717) is 19.0 Å². The summed E-state index contributed by atoms with van der Waals surface area (Å²) in [6, 6.07) is 1.93. The third-order valence-corrected chi connectivity index (χ3v) is 3.63. The molecule has 0 radical (unpaired) electrons. The van der Waals surface area contributed by atoms with Crippen molar-refractivity contribution < 1.29 is 4.79 Å². The summed E-state index contributed by atoms with van der Waals surface area (Å²) < 4.78 is 1.92. The molecule has 1 aliphatic carbocycles. The van der Waals surface area contributed by atoms with Crippen LogP contribution in [0.2, 0.25) is 0 Å². The van der Waals surface area contributed by atoms with Crippen LogP contribution >= 0.6 is 0 Å². The van der Waals surface area contributed by atoms with Gasteiger partial charge in [-0.25, -0.2) is 0 Å². The predicted molar refractivity (Wildman–Crippen MR) is 91.1 cm³/mol. The lowest BCUT2D eigenvalue weighted by molar-refractivity contribution is -0.122. The third-order valence-electron chi connectivity index (χ3n) is 3.63. The van der Waals surface area contributed by atoms with Gasteiger partial charge in [-0.1, -0.05) is 6.92 Å². The molecule has 1 amide bonds. The monoisotopic (exact) mass is 320 g/mol. The van der Waals surface area contributed by atoms with Crippen molar-refractivity contribution in [2.24, 2.45) is 16.8 Å². The number of hydrogen-bond donors (Lipinski definition) is 3. The summed E-state index contributed by atoms with van der Waals surface area (Å²) in [6.45, 7) is 7.90. The van der Waals surface area contributed by atoms with Crippen LogP contribution in [-0.4, -0.2) is 47.8 Å². The van der Waals surface area contributed by atoms with Gasteiger partial charge >= 0.3 is 0 Å². The quantitative estimate of drug-likeness (QED) is 0.353. The molecule has 23 heavy (non-hydrogen) atoms. The number of amides is 1. The van der Waals surface area contributed by atoms with Crippen molar-refractivity contribution >= 4 is 11.9 Å². The van der Waals surface area contributed by atoms with E-state index in [0.717, 1.165) is 38.4 Å². The molecule has 1 aromatic heterocycles. The number of rotatable bonds is 9. The molecule has 1 aliphatic rings. The zero-order chi connectivity index (χ0) is 16.5. The van der Waals surface area contributed by atoms with Crippen molar-refractivity contribution in [3.05, 3.63) is 18.5 Å². The van der Waals surface area contributed by atoms with E-state index >= 15 is 0 Å². The Morgan fingerprint density at radius 3 is 2.78 bits per heavy atom. The lowest BCUT2D eigenvalue weighted by Gasteiger charge is -2.14. The second-order valence-electron chi connectivity index (χ2n) is 6.04. The average Bonchev–Trinajstić information content (AvgIpc) is 3.27. The van der Waals surface area contributed by atoms with Gasteiger partial charge in [0.05, 0.1) is 0 Å². The normalized spacial score (nSPS) is 16.0. The highest BCUT2D eigenvalue weighted by molar-refractivity contribution is 5.81. The molecule has 2 rings (SSSR count). The molecule has 1 heterocycles. The minimum absolute atomic E-state index is 0.182. The Labute approximate surface area is 137 Å². The van der Waals surface area contributed by atoms with Crippen LogP contribution in [0, 0.1) is 11.8 Å². The summed E-state index contributed by atoms with van der Waals surface area (Å²) in [5.74, 6) is 1.64. The maximum Gasteiger partial charge on any atom is 0.223 e. The summed E-state index contributed by atoms with van der Waals surface area (Å²) in [7, 11) is 0. The number of carbonyl (C=O) groups excluding carboxylic acids is 1. The van der Waals surface area contributed by atoms with Crippen LogP contribution in [0.1, 0.15) is 26.7 Å². The molecule has 1 saturated carbocycles. The zero-order valence-corrected chi connectivity index (χ0v) is 14.1. The van der Waals surface area contributed by atoms with Crippen molar-refractivity contribution in [3.8, 4) is 0 Å². The van der Waals surface area contributed by atoms with Gasteiger partial charge in [0.1, 0.15) is 0 Å². The van der Waals surface area contributed by atoms with Crippen molar-refractivity contribution in [3.63, 3.8) is 0 Å². The minimum Gasteiger partial charge on any atom is -0.357 e. The molecule has 1 unspecified atom stereocenters. The van der Waals surface area contributed by atoms with Gasteiger partial charge in [-0.3, -0.25) is 14.5 Å². The zero-order valence-electron chi connectivity index (χ0n) is 14.1. The average molecular weight is 320 g/mol. The van der Waals surface area contributed by atoms with Gasteiger partial charge in [-0.05, 0) is 31.7 Å². The van der Waals surface area contributed by atoms with E-state index in [-0.39, 0.29) is 11.8 Å². The smallest absolute Gasteiger partial charge is 0.223 e. The minimum atomic E-state index is 0.182. The van der Waals surface area contributed by atoms with Gasteiger partial charge in [0.15, 0.2) is 5.96 Å². The topological polar surface area (TPSA) is 83.3 Å². The molecule has 0 aliphatic heterocycles. The Bertz CT molecular complexity index is 495. The summed E-state index contributed by atoms with van der Waals surface area (Å²) >= 11 is 0.